The van der Waals surface area contributed by atoms with Crippen LogP contribution in [0.5, 0.6) is 5.75 Å². The molecule has 0 spiro atoms. The Labute approximate surface area is 95.0 Å². The summed E-state index contributed by atoms with van der Waals surface area (Å²) >= 11 is 0. The van der Waals surface area contributed by atoms with Crippen molar-refractivity contribution >= 4 is 0 Å². The Balaban J connectivity index is 2.64. The molecule has 90 valence electrons. The van der Waals surface area contributed by atoms with E-state index in [2.05, 4.69) is 0 Å². The van der Waals surface area contributed by atoms with E-state index in [0.29, 0.717) is 24.3 Å². The van der Waals surface area contributed by atoms with Crippen LogP contribution in [0.4, 0.5) is 4.39 Å². The summed E-state index contributed by atoms with van der Waals surface area (Å²) in [6.07, 6.45) is 0.480. The van der Waals surface area contributed by atoms with Crippen LogP contribution in [-0.4, -0.2) is 17.3 Å². The molecule has 0 aromatic heterocycles. The van der Waals surface area contributed by atoms with Crippen LogP contribution in [-0.2, 0) is 6.54 Å². The number of nitrogens with two attached hydrogens (primary N) is 1. The largest absolute Gasteiger partial charge is 0.493 e. The molecule has 3 nitrogen and oxygen atoms in total. The average molecular weight is 227 g/mol. The summed E-state index contributed by atoms with van der Waals surface area (Å²) in [4.78, 5) is 0. The minimum atomic E-state index is -0.782. The van der Waals surface area contributed by atoms with Crippen LogP contribution in [0, 0.1) is 5.82 Å². The third-order valence-corrected chi connectivity index (χ3v) is 2.25. The van der Waals surface area contributed by atoms with Crippen molar-refractivity contribution in [2.75, 3.05) is 6.61 Å². The zero-order valence-electron chi connectivity index (χ0n) is 9.66. The summed E-state index contributed by atoms with van der Waals surface area (Å²) in [5.74, 6) is 0.0926. The van der Waals surface area contributed by atoms with Crippen molar-refractivity contribution in [3.8, 4) is 5.75 Å². The fourth-order valence-electron chi connectivity index (χ4n) is 1.28. The van der Waals surface area contributed by atoms with Crippen LogP contribution in [0.3, 0.4) is 0 Å². The first-order valence-electron chi connectivity index (χ1n) is 5.26. The first kappa shape index (κ1) is 12.9. The molecule has 0 heterocycles. The van der Waals surface area contributed by atoms with E-state index in [4.69, 9.17) is 10.5 Å². The fraction of sp³-hybridized carbons (Fsp3) is 0.500. The Morgan fingerprint density at radius 3 is 2.69 bits per heavy atom. The molecule has 0 aliphatic heterocycles. The van der Waals surface area contributed by atoms with E-state index in [0.717, 1.165) is 0 Å². The lowest BCUT2D eigenvalue weighted by Crippen LogP contribution is -2.22. The lowest BCUT2D eigenvalue weighted by atomic mass is 10.1. The number of hydrogen-bond donors (Lipinski definition) is 2. The van der Waals surface area contributed by atoms with Crippen molar-refractivity contribution < 1.29 is 14.2 Å². The summed E-state index contributed by atoms with van der Waals surface area (Å²) < 4.78 is 18.7. The van der Waals surface area contributed by atoms with Crippen LogP contribution in [0.2, 0.25) is 0 Å². The van der Waals surface area contributed by atoms with Gasteiger partial charge in [-0.2, -0.15) is 0 Å². The van der Waals surface area contributed by atoms with Gasteiger partial charge in [-0.15, -0.1) is 0 Å². The van der Waals surface area contributed by atoms with Crippen LogP contribution in [0.1, 0.15) is 25.8 Å². The summed E-state index contributed by atoms with van der Waals surface area (Å²) in [7, 11) is 0. The molecule has 4 heteroatoms. The monoisotopic (exact) mass is 227 g/mol. The molecule has 0 saturated heterocycles. The highest BCUT2D eigenvalue weighted by Gasteiger charge is 2.13. The molecule has 1 aromatic rings. The summed E-state index contributed by atoms with van der Waals surface area (Å²) in [6.45, 7) is 3.84. The molecule has 0 aliphatic carbocycles. The smallest absolute Gasteiger partial charge is 0.131 e. The van der Waals surface area contributed by atoms with Crippen molar-refractivity contribution in [2.24, 2.45) is 5.73 Å². The van der Waals surface area contributed by atoms with Gasteiger partial charge in [0.2, 0.25) is 0 Å². The third kappa shape index (κ3) is 3.79. The number of aliphatic hydroxyl groups is 1. The molecule has 0 aliphatic rings. The Bertz CT molecular complexity index is 347. The summed E-state index contributed by atoms with van der Waals surface area (Å²) in [5, 5.41) is 9.50. The predicted octanol–water partition coefficient (Wildman–Crippen LogP) is 1.82. The zero-order valence-corrected chi connectivity index (χ0v) is 9.66. The van der Waals surface area contributed by atoms with Crippen molar-refractivity contribution in [3.05, 3.63) is 29.6 Å². The van der Waals surface area contributed by atoms with Gasteiger partial charge in [0.25, 0.3) is 0 Å². The Morgan fingerprint density at radius 1 is 1.44 bits per heavy atom. The maximum absolute atomic E-state index is 13.3. The van der Waals surface area contributed by atoms with Gasteiger partial charge in [0.1, 0.15) is 11.6 Å². The van der Waals surface area contributed by atoms with Crippen LogP contribution >= 0.6 is 0 Å². The molecule has 16 heavy (non-hydrogen) atoms. The highest BCUT2D eigenvalue weighted by Crippen LogP contribution is 2.21. The molecule has 3 N–H and O–H groups in total. The Hall–Kier alpha value is -1.13. The average Bonchev–Trinajstić information content (AvgIpc) is 2.16. The van der Waals surface area contributed by atoms with Gasteiger partial charge in [0.15, 0.2) is 0 Å². The van der Waals surface area contributed by atoms with E-state index in [1.54, 1.807) is 26.0 Å². The molecule has 0 radical (unpaired) electrons. The van der Waals surface area contributed by atoms with E-state index in [-0.39, 0.29) is 12.4 Å². The first-order valence-corrected chi connectivity index (χ1v) is 5.26. The van der Waals surface area contributed by atoms with Crippen molar-refractivity contribution in [1.29, 1.82) is 0 Å². The summed E-state index contributed by atoms with van der Waals surface area (Å²) in [6, 6.07) is 4.61. The van der Waals surface area contributed by atoms with Crippen molar-refractivity contribution in [1.82, 2.24) is 0 Å². The third-order valence-electron chi connectivity index (χ3n) is 2.25. The van der Waals surface area contributed by atoms with Gasteiger partial charge in [-0.05, 0) is 26.0 Å². The van der Waals surface area contributed by atoms with E-state index >= 15 is 0 Å². The molecule has 1 aromatic carbocycles. The van der Waals surface area contributed by atoms with Gasteiger partial charge >= 0.3 is 0 Å². The maximum atomic E-state index is 13.3. The van der Waals surface area contributed by atoms with Crippen LogP contribution < -0.4 is 10.5 Å². The van der Waals surface area contributed by atoms with Gasteiger partial charge in [0.05, 0.1) is 12.2 Å². The van der Waals surface area contributed by atoms with Crippen molar-refractivity contribution in [3.63, 3.8) is 0 Å². The number of ether oxygens (including phenoxy) is 1. The van der Waals surface area contributed by atoms with Gasteiger partial charge in [-0.3, -0.25) is 0 Å². The molecule has 0 atom stereocenters. The number of hydrogen-bond acceptors (Lipinski definition) is 3. The highest BCUT2D eigenvalue weighted by molar-refractivity contribution is 5.34. The molecule has 0 saturated carbocycles. The van der Waals surface area contributed by atoms with E-state index in [1.165, 1.54) is 6.07 Å². The Kier molecular flexibility index (Phi) is 4.26. The normalized spacial score (nSPS) is 11.6. The molecule has 0 fully saturated rings. The maximum Gasteiger partial charge on any atom is 0.131 e. The summed E-state index contributed by atoms with van der Waals surface area (Å²) in [5.41, 5.74) is 5.03. The highest BCUT2D eigenvalue weighted by atomic mass is 19.1. The molecular weight excluding hydrogens is 209 g/mol. The first-order chi connectivity index (χ1) is 7.44. The second-order valence-electron chi connectivity index (χ2n) is 4.33. The minimum Gasteiger partial charge on any atom is -0.493 e. The second-order valence-corrected chi connectivity index (χ2v) is 4.33. The van der Waals surface area contributed by atoms with Gasteiger partial charge in [0, 0.05) is 18.5 Å². The van der Waals surface area contributed by atoms with E-state index in [9.17, 15) is 9.50 Å². The topological polar surface area (TPSA) is 55.5 Å². The minimum absolute atomic E-state index is 0.102. The van der Waals surface area contributed by atoms with Gasteiger partial charge in [-0.25, -0.2) is 4.39 Å². The second kappa shape index (κ2) is 5.27. The molecule has 0 amide bonds. The SMILES string of the molecule is CC(C)(O)CCOc1cccc(F)c1CN. The van der Waals surface area contributed by atoms with Crippen LogP contribution in [0.25, 0.3) is 0 Å². The zero-order chi connectivity index (χ0) is 12.2. The Morgan fingerprint density at radius 2 is 2.12 bits per heavy atom. The van der Waals surface area contributed by atoms with Crippen molar-refractivity contribution in [2.45, 2.75) is 32.4 Å². The lowest BCUT2D eigenvalue weighted by Gasteiger charge is -2.18. The van der Waals surface area contributed by atoms with Crippen LogP contribution in [0.15, 0.2) is 18.2 Å². The standard InChI is InChI=1S/C12H18FNO2/c1-12(2,15)6-7-16-11-5-3-4-10(13)9(11)8-14/h3-5,15H,6-8,14H2,1-2H3. The van der Waals surface area contributed by atoms with Gasteiger partial charge in [-0.1, -0.05) is 6.07 Å². The molecular formula is C12H18FNO2. The fourth-order valence-corrected chi connectivity index (χ4v) is 1.28. The molecule has 1 rings (SSSR count). The number of halogens is 1. The van der Waals surface area contributed by atoms with Gasteiger partial charge < -0.3 is 15.6 Å². The molecule has 0 bridgehead atoms. The number of benzene rings is 1. The predicted molar refractivity (Wildman–Crippen MR) is 60.7 cm³/mol. The van der Waals surface area contributed by atoms with E-state index < -0.39 is 5.60 Å². The quantitative estimate of drug-likeness (QED) is 0.806. The molecule has 0 unspecified atom stereocenters. The van der Waals surface area contributed by atoms with E-state index in [1.807, 2.05) is 0 Å². The lowest BCUT2D eigenvalue weighted by molar-refractivity contribution is 0.0551. The number of rotatable bonds is 5.